The average molecular weight is 410 g/mol. The van der Waals surface area contributed by atoms with Crippen molar-refractivity contribution >= 4 is 33.8 Å². The van der Waals surface area contributed by atoms with Crippen molar-refractivity contribution in [3.8, 4) is 0 Å². The number of halogens is 1. The molecule has 140 valence electrons. The smallest absolute Gasteiger partial charge is 0.320 e. The summed E-state index contributed by atoms with van der Waals surface area (Å²) in [7, 11) is 1.27. The van der Waals surface area contributed by atoms with Gasteiger partial charge in [0.2, 0.25) is 0 Å². The number of alkyl halides is 1. The minimum Gasteiger partial charge on any atom is -0.468 e. The van der Waals surface area contributed by atoms with Crippen LogP contribution in [-0.2, 0) is 28.6 Å². The van der Waals surface area contributed by atoms with Gasteiger partial charge in [-0.05, 0) is 41.5 Å². The van der Waals surface area contributed by atoms with Crippen LogP contribution in [0.25, 0.3) is 0 Å². The first-order valence-electron chi connectivity index (χ1n) is 7.61. The average Bonchev–Trinajstić information content (AvgIpc) is 2.32. The third-order valence-electron chi connectivity index (χ3n) is 2.42. The van der Waals surface area contributed by atoms with Crippen LogP contribution in [0.15, 0.2) is 0 Å². The Morgan fingerprint density at radius 3 is 1.58 bits per heavy atom. The highest BCUT2D eigenvalue weighted by molar-refractivity contribution is 9.10. The molecule has 0 aliphatic rings. The van der Waals surface area contributed by atoms with Gasteiger partial charge in [0.15, 0.2) is 0 Å². The molecule has 1 unspecified atom stereocenters. The summed E-state index contributed by atoms with van der Waals surface area (Å²) in [6.07, 6.45) is 0. The fourth-order valence-electron chi connectivity index (χ4n) is 1.73. The molecule has 0 aromatic carbocycles. The summed E-state index contributed by atoms with van der Waals surface area (Å²) in [6.45, 7) is 10.3. The van der Waals surface area contributed by atoms with E-state index in [-0.39, 0.29) is 19.6 Å². The highest BCUT2D eigenvalue weighted by Gasteiger charge is 2.27. The van der Waals surface area contributed by atoms with E-state index in [1.807, 2.05) is 0 Å². The Kier molecular flexibility index (Phi) is 8.91. The Morgan fingerprint density at radius 2 is 1.29 bits per heavy atom. The molecule has 0 aliphatic heterocycles. The van der Waals surface area contributed by atoms with Crippen molar-refractivity contribution in [1.82, 2.24) is 4.90 Å². The summed E-state index contributed by atoms with van der Waals surface area (Å²) >= 11 is 3.19. The zero-order chi connectivity index (χ0) is 19.1. The van der Waals surface area contributed by atoms with E-state index in [4.69, 9.17) is 9.47 Å². The molecule has 0 rings (SSSR count). The van der Waals surface area contributed by atoms with Crippen molar-refractivity contribution in [2.24, 2.45) is 0 Å². The van der Waals surface area contributed by atoms with Gasteiger partial charge in [0.1, 0.15) is 16.0 Å². The molecule has 0 aromatic rings. The number of rotatable bonds is 7. The van der Waals surface area contributed by atoms with Gasteiger partial charge in [-0.2, -0.15) is 0 Å². The molecule has 0 radical (unpaired) electrons. The summed E-state index contributed by atoms with van der Waals surface area (Å²) in [5.41, 5.74) is -1.27. The third-order valence-corrected chi connectivity index (χ3v) is 3.08. The molecule has 0 spiro atoms. The van der Waals surface area contributed by atoms with Crippen molar-refractivity contribution in [3.63, 3.8) is 0 Å². The standard InChI is InChI=1S/C16H28BrNO6/c1-15(2,3)23-12(19)9-18(8-11(17)14(21)22-7)10-13(20)24-16(4,5)6/h11H,8-10H2,1-7H3. The van der Waals surface area contributed by atoms with Gasteiger partial charge < -0.3 is 14.2 Å². The number of ether oxygens (including phenoxy) is 3. The van der Waals surface area contributed by atoms with E-state index >= 15 is 0 Å². The summed E-state index contributed by atoms with van der Waals surface area (Å²) in [4.78, 5) is 36.4. The molecule has 0 saturated carbocycles. The van der Waals surface area contributed by atoms with Crippen molar-refractivity contribution in [2.75, 3.05) is 26.7 Å². The number of esters is 3. The lowest BCUT2D eigenvalue weighted by Gasteiger charge is -2.27. The van der Waals surface area contributed by atoms with Gasteiger partial charge in [-0.1, -0.05) is 15.9 Å². The lowest BCUT2D eigenvalue weighted by Crippen LogP contribution is -2.43. The zero-order valence-electron chi connectivity index (χ0n) is 15.5. The Balaban J connectivity index is 4.91. The molecule has 1 atom stereocenters. The summed E-state index contributed by atoms with van der Waals surface area (Å²) in [5.74, 6) is -1.47. The van der Waals surface area contributed by atoms with E-state index in [0.29, 0.717) is 0 Å². The first-order chi connectivity index (χ1) is 10.7. The number of methoxy groups -OCH3 is 1. The number of carbonyl (C=O) groups is 3. The fraction of sp³-hybridized carbons (Fsp3) is 0.812. The van der Waals surface area contributed by atoms with E-state index in [2.05, 4.69) is 20.7 Å². The van der Waals surface area contributed by atoms with E-state index in [0.717, 1.165) is 0 Å². The minimum atomic E-state index is -0.674. The van der Waals surface area contributed by atoms with Crippen molar-refractivity contribution in [2.45, 2.75) is 57.6 Å². The van der Waals surface area contributed by atoms with Gasteiger partial charge >= 0.3 is 17.9 Å². The summed E-state index contributed by atoms with van der Waals surface area (Å²) in [6, 6.07) is 0. The normalized spacial score (nSPS) is 13.4. The van der Waals surface area contributed by atoms with Gasteiger partial charge in [0.25, 0.3) is 0 Å². The molecule has 0 aromatic heterocycles. The first kappa shape index (κ1) is 22.9. The molecule has 0 N–H and O–H groups in total. The largest absolute Gasteiger partial charge is 0.468 e. The van der Waals surface area contributed by atoms with Gasteiger partial charge in [-0.15, -0.1) is 0 Å². The van der Waals surface area contributed by atoms with Crippen LogP contribution in [0.3, 0.4) is 0 Å². The highest BCUT2D eigenvalue weighted by Crippen LogP contribution is 2.11. The van der Waals surface area contributed by atoms with Crippen LogP contribution in [-0.4, -0.2) is 65.6 Å². The van der Waals surface area contributed by atoms with Gasteiger partial charge in [-0.3, -0.25) is 19.3 Å². The Labute approximate surface area is 152 Å². The summed E-state index contributed by atoms with van der Waals surface area (Å²) in [5, 5.41) is 0. The second kappa shape index (κ2) is 9.36. The second-order valence-corrected chi connectivity index (χ2v) is 8.44. The minimum absolute atomic E-state index is 0.102. The predicted octanol–water partition coefficient (Wildman–Crippen LogP) is 1.91. The Hall–Kier alpha value is -1.15. The van der Waals surface area contributed by atoms with Crippen LogP contribution >= 0.6 is 15.9 Å². The number of nitrogens with zero attached hydrogens (tertiary/aromatic N) is 1. The third kappa shape index (κ3) is 11.4. The summed E-state index contributed by atoms with van der Waals surface area (Å²) < 4.78 is 15.1. The van der Waals surface area contributed by atoms with Crippen molar-refractivity contribution < 1.29 is 28.6 Å². The number of carbonyl (C=O) groups excluding carboxylic acids is 3. The molecule has 0 fully saturated rings. The maximum Gasteiger partial charge on any atom is 0.320 e. The number of hydrogen-bond acceptors (Lipinski definition) is 7. The molecule has 0 bridgehead atoms. The van der Waals surface area contributed by atoms with Crippen molar-refractivity contribution in [3.05, 3.63) is 0 Å². The lowest BCUT2D eigenvalue weighted by molar-refractivity contribution is -0.160. The molecule has 0 amide bonds. The Morgan fingerprint density at radius 1 is 0.917 bits per heavy atom. The first-order valence-corrected chi connectivity index (χ1v) is 8.53. The van der Waals surface area contributed by atoms with Crippen LogP contribution in [0.4, 0.5) is 0 Å². The second-order valence-electron chi connectivity index (χ2n) is 7.33. The van der Waals surface area contributed by atoms with Crippen LogP contribution < -0.4 is 0 Å². The quantitative estimate of drug-likeness (QED) is 0.360. The van der Waals surface area contributed by atoms with Gasteiger partial charge in [-0.25, -0.2) is 0 Å². The maximum atomic E-state index is 12.0. The molecule has 8 heteroatoms. The van der Waals surface area contributed by atoms with E-state index in [1.165, 1.54) is 12.0 Å². The molecule has 0 aliphatic carbocycles. The highest BCUT2D eigenvalue weighted by atomic mass is 79.9. The van der Waals surface area contributed by atoms with Gasteiger partial charge in [0.05, 0.1) is 20.2 Å². The molecule has 7 nitrogen and oxygen atoms in total. The molecular formula is C16H28BrNO6. The fourth-order valence-corrected chi connectivity index (χ4v) is 2.32. The SMILES string of the molecule is COC(=O)C(Br)CN(CC(=O)OC(C)(C)C)CC(=O)OC(C)(C)C. The molecular weight excluding hydrogens is 382 g/mol. The monoisotopic (exact) mass is 409 g/mol. The van der Waals surface area contributed by atoms with Gasteiger partial charge in [0, 0.05) is 6.54 Å². The van der Waals surface area contributed by atoms with Crippen LogP contribution in [0.5, 0.6) is 0 Å². The van der Waals surface area contributed by atoms with Crippen molar-refractivity contribution in [1.29, 1.82) is 0 Å². The van der Waals surface area contributed by atoms with E-state index in [9.17, 15) is 14.4 Å². The number of hydrogen-bond donors (Lipinski definition) is 0. The van der Waals surface area contributed by atoms with Crippen LogP contribution in [0.1, 0.15) is 41.5 Å². The molecule has 0 heterocycles. The van der Waals surface area contributed by atoms with Crippen LogP contribution in [0, 0.1) is 0 Å². The predicted molar refractivity (Wildman–Crippen MR) is 92.9 cm³/mol. The topological polar surface area (TPSA) is 82.1 Å². The molecule has 0 saturated heterocycles. The molecule has 24 heavy (non-hydrogen) atoms. The maximum absolute atomic E-state index is 12.0. The lowest BCUT2D eigenvalue weighted by atomic mass is 10.2. The zero-order valence-corrected chi connectivity index (χ0v) is 17.1. The van der Waals surface area contributed by atoms with Crippen LogP contribution in [0.2, 0.25) is 0 Å². The van der Waals surface area contributed by atoms with E-state index < -0.39 is 33.9 Å². The van der Waals surface area contributed by atoms with E-state index in [1.54, 1.807) is 41.5 Å². The Bertz CT molecular complexity index is 422.